The molecular formula is C13H15F2N3O. The van der Waals surface area contributed by atoms with Crippen LogP contribution in [0.4, 0.5) is 8.78 Å². The molecule has 4 nitrogen and oxygen atoms in total. The minimum absolute atomic E-state index is 0.0976. The SMILES string of the molecule is CCCNC(C)c1nnc(-c2cc(F)cc(F)c2)o1. The van der Waals surface area contributed by atoms with E-state index in [1.165, 1.54) is 0 Å². The highest BCUT2D eigenvalue weighted by molar-refractivity contribution is 5.52. The van der Waals surface area contributed by atoms with Crippen molar-refractivity contribution in [1.29, 1.82) is 0 Å². The lowest BCUT2D eigenvalue weighted by atomic mass is 10.2. The molecule has 1 aromatic heterocycles. The first-order valence-corrected chi connectivity index (χ1v) is 6.13. The molecule has 2 aromatic rings. The molecule has 102 valence electrons. The van der Waals surface area contributed by atoms with Crippen LogP contribution in [0.15, 0.2) is 22.6 Å². The maximum atomic E-state index is 13.1. The van der Waals surface area contributed by atoms with Gasteiger partial charge in [-0.25, -0.2) is 8.78 Å². The van der Waals surface area contributed by atoms with Crippen LogP contribution in [-0.2, 0) is 0 Å². The van der Waals surface area contributed by atoms with Gasteiger partial charge in [0.1, 0.15) is 11.6 Å². The summed E-state index contributed by atoms with van der Waals surface area (Å²) < 4.78 is 31.6. The number of hydrogen-bond acceptors (Lipinski definition) is 4. The monoisotopic (exact) mass is 267 g/mol. The van der Waals surface area contributed by atoms with Crippen molar-refractivity contribution in [2.24, 2.45) is 0 Å². The molecule has 2 rings (SSSR count). The van der Waals surface area contributed by atoms with E-state index in [0.29, 0.717) is 5.89 Å². The zero-order chi connectivity index (χ0) is 13.8. The lowest BCUT2D eigenvalue weighted by Crippen LogP contribution is -2.19. The van der Waals surface area contributed by atoms with Gasteiger partial charge in [-0.15, -0.1) is 10.2 Å². The minimum Gasteiger partial charge on any atom is -0.419 e. The van der Waals surface area contributed by atoms with Crippen molar-refractivity contribution in [3.63, 3.8) is 0 Å². The van der Waals surface area contributed by atoms with Gasteiger partial charge in [0.25, 0.3) is 0 Å². The van der Waals surface area contributed by atoms with Crippen LogP contribution in [0, 0.1) is 11.6 Å². The summed E-state index contributed by atoms with van der Waals surface area (Å²) in [7, 11) is 0. The molecule has 6 heteroatoms. The molecule has 0 saturated heterocycles. The number of rotatable bonds is 5. The second-order valence-electron chi connectivity index (χ2n) is 4.28. The molecule has 0 aliphatic rings. The number of nitrogens with one attached hydrogen (secondary N) is 1. The van der Waals surface area contributed by atoms with E-state index in [0.717, 1.165) is 31.2 Å². The third kappa shape index (κ3) is 3.35. The maximum Gasteiger partial charge on any atom is 0.248 e. The largest absolute Gasteiger partial charge is 0.419 e. The molecule has 0 aliphatic heterocycles. The lowest BCUT2D eigenvalue weighted by molar-refractivity contribution is 0.423. The average Bonchev–Trinajstić information content (AvgIpc) is 2.84. The van der Waals surface area contributed by atoms with Crippen LogP contribution < -0.4 is 5.32 Å². The van der Waals surface area contributed by atoms with Crippen LogP contribution >= 0.6 is 0 Å². The van der Waals surface area contributed by atoms with E-state index in [4.69, 9.17) is 4.42 Å². The van der Waals surface area contributed by atoms with E-state index in [1.54, 1.807) is 0 Å². The number of nitrogens with zero attached hydrogens (tertiary/aromatic N) is 2. The smallest absolute Gasteiger partial charge is 0.248 e. The quantitative estimate of drug-likeness (QED) is 0.904. The number of halogens is 2. The van der Waals surface area contributed by atoms with Gasteiger partial charge in [-0.05, 0) is 32.0 Å². The van der Waals surface area contributed by atoms with Crippen molar-refractivity contribution in [3.8, 4) is 11.5 Å². The van der Waals surface area contributed by atoms with Gasteiger partial charge in [0.2, 0.25) is 11.8 Å². The molecule has 0 fully saturated rings. The Labute approximate surface area is 109 Å². The predicted octanol–water partition coefficient (Wildman–Crippen LogP) is 3.08. The van der Waals surface area contributed by atoms with Crippen molar-refractivity contribution in [1.82, 2.24) is 15.5 Å². The second-order valence-corrected chi connectivity index (χ2v) is 4.28. The Balaban J connectivity index is 2.20. The summed E-state index contributed by atoms with van der Waals surface area (Å²) in [6, 6.07) is 3.01. The van der Waals surface area contributed by atoms with Gasteiger partial charge in [0, 0.05) is 11.6 Å². The fourth-order valence-electron chi connectivity index (χ4n) is 1.65. The molecule has 1 N–H and O–H groups in total. The van der Waals surface area contributed by atoms with Crippen molar-refractivity contribution >= 4 is 0 Å². The van der Waals surface area contributed by atoms with Crippen molar-refractivity contribution < 1.29 is 13.2 Å². The van der Waals surface area contributed by atoms with E-state index in [1.807, 2.05) is 6.92 Å². The number of aromatic nitrogens is 2. The molecule has 1 unspecified atom stereocenters. The van der Waals surface area contributed by atoms with Gasteiger partial charge >= 0.3 is 0 Å². The fourth-order valence-corrected chi connectivity index (χ4v) is 1.65. The Morgan fingerprint density at radius 3 is 2.53 bits per heavy atom. The van der Waals surface area contributed by atoms with Gasteiger partial charge in [-0.1, -0.05) is 6.92 Å². The van der Waals surface area contributed by atoms with E-state index in [-0.39, 0.29) is 17.5 Å². The zero-order valence-corrected chi connectivity index (χ0v) is 10.8. The molecule has 1 heterocycles. The molecule has 1 atom stereocenters. The first-order chi connectivity index (χ1) is 9.10. The van der Waals surface area contributed by atoms with E-state index >= 15 is 0 Å². The molecular weight excluding hydrogens is 252 g/mol. The first-order valence-electron chi connectivity index (χ1n) is 6.13. The van der Waals surface area contributed by atoms with E-state index in [2.05, 4.69) is 22.4 Å². The van der Waals surface area contributed by atoms with Gasteiger partial charge in [0.15, 0.2) is 0 Å². The summed E-state index contributed by atoms with van der Waals surface area (Å²) in [6.45, 7) is 4.76. The van der Waals surface area contributed by atoms with Crippen LogP contribution in [0.25, 0.3) is 11.5 Å². The Morgan fingerprint density at radius 1 is 1.21 bits per heavy atom. The lowest BCUT2D eigenvalue weighted by Gasteiger charge is -2.07. The second kappa shape index (κ2) is 5.88. The number of benzene rings is 1. The van der Waals surface area contributed by atoms with E-state index in [9.17, 15) is 8.78 Å². The molecule has 1 aromatic carbocycles. The summed E-state index contributed by atoms with van der Waals surface area (Å²) in [4.78, 5) is 0. The number of hydrogen-bond donors (Lipinski definition) is 1. The minimum atomic E-state index is -0.674. The molecule has 0 aliphatic carbocycles. The summed E-state index contributed by atoms with van der Waals surface area (Å²) in [5, 5.41) is 10.9. The summed E-state index contributed by atoms with van der Waals surface area (Å²) in [5.41, 5.74) is 0.235. The van der Waals surface area contributed by atoms with Crippen LogP contribution in [0.5, 0.6) is 0 Å². The highest BCUT2D eigenvalue weighted by atomic mass is 19.1. The highest BCUT2D eigenvalue weighted by Crippen LogP contribution is 2.22. The topological polar surface area (TPSA) is 51.0 Å². The Kier molecular flexibility index (Phi) is 4.21. The molecule has 0 saturated carbocycles. The predicted molar refractivity (Wildman–Crippen MR) is 66.4 cm³/mol. The van der Waals surface area contributed by atoms with Crippen LogP contribution in [0.1, 0.15) is 32.2 Å². The third-order valence-corrected chi connectivity index (χ3v) is 2.62. The van der Waals surface area contributed by atoms with Gasteiger partial charge < -0.3 is 9.73 Å². The Hall–Kier alpha value is -1.82. The van der Waals surface area contributed by atoms with Gasteiger partial charge in [0.05, 0.1) is 6.04 Å². The van der Waals surface area contributed by atoms with Crippen LogP contribution in [0.3, 0.4) is 0 Å². The van der Waals surface area contributed by atoms with Crippen LogP contribution in [0.2, 0.25) is 0 Å². The summed E-state index contributed by atoms with van der Waals surface area (Å²) in [5.74, 6) is -0.842. The summed E-state index contributed by atoms with van der Waals surface area (Å²) in [6.07, 6.45) is 0.987. The van der Waals surface area contributed by atoms with Crippen molar-refractivity contribution in [2.75, 3.05) is 6.54 Å². The van der Waals surface area contributed by atoms with Gasteiger partial charge in [-0.3, -0.25) is 0 Å². The fraction of sp³-hybridized carbons (Fsp3) is 0.385. The van der Waals surface area contributed by atoms with Gasteiger partial charge in [-0.2, -0.15) is 0 Å². The highest BCUT2D eigenvalue weighted by Gasteiger charge is 2.15. The molecule has 19 heavy (non-hydrogen) atoms. The molecule has 0 spiro atoms. The van der Waals surface area contributed by atoms with Crippen LogP contribution in [-0.4, -0.2) is 16.7 Å². The van der Waals surface area contributed by atoms with Crippen molar-refractivity contribution in [3.05, 3.63) is 35.7 Å². The molecule has 0 amide bonds. The molecule has 0 radical (unpaired) electrons. The Bertz CT molecular complexity index is 536. The average molecular weight is 267 g/mol. The zero-order valence-electron chi connectivity index (χ0n) is 10.8. The van der Waals surface area contributed by atoms with Crippen molar-refractivity contribution in [2.45, 2.75) is 26.3 Å². The maximum absolute atomic E-state index is 13.1. The standard InChI is InChI=1S/C13H15F2N3O/c1-3-4-16-8(2)12-17-18-13(19-12)9-5-10(14)7-11(15)6-9/h5-8,16H,3-4H2,1-2H3. The first kappa shape index (κ1) is 13.6. The van der Waals surface area contributed by atoms with E-state index < -0.39 is 11.6 Å². The Morgan fingerprint density at radius 2 is 1.89 bits per heavy atom. The molecule has 0 bridgehead atoms. The summed E-state index contributed by atoms with van der Waals surface area (Å²) >= 11 is 0. The third-order valence-electron chi connectivity index (χ3n) is 2.62. The normalized spacial score (nSPS) is 12.6.